The Labute approximate surface area is 145 Å². The van der Waals surface area contributed by atoms with Crippen LogP contribution >= 0.6 is 0 Å². The summed E-state index contributed by atoms with van der Waals surface area (Å²) in [5, 5.41) is 22.2. The van der Waals surface area contributed by atoms with Gasteiger partial charge in [0.05, 0.1) is 17.4 Å². The molecular formula is C17H21N5O3. The average molecular weight is 343 g/mol. The van der Waals surface area contributed by atoms with Gasteiger partial charge in [0.2, 0.25) is 5.91 Å². The number of non-ortho nitro benzene ring substituents is 1. The normalized spacial score (nSPS) is 14.4. The number of hydrogen-bond donors (Lipinski definition) is 1. The number of nitrogens with one attached hydrogen (secondary N) is 1. The molecule has 1 aliphatic rings. The third-order valence-electron chi connectivity index (χ3n) is 4.41. The summed E-state index contributed by atoms with van der Waals surface area (Å²) in [6.45, 7) is 4.96. The molecule has 1 aromatic heterocycles. The Morgan fingerprint density at radius 2 is 2.04 bits per heavy atom. The second-order valence-corrected chi connectivity index (χ2v) is 6.62. The number of hydrogen-bond acceptors (Lipinski definition) is 5. The fourth-order valence-corrected chi connectivity index (χ4v) is 3.08. The van der Waals surface area contributed by atoms with Crippen molar-refractivity contribution in [3.05, 3.63) is 51.6 Å². The van der Waals surface area contributed by atoms with Crippen molar-refractivity contribution in [1.29, 1.82) is 0 Å². The smallest absolute Gasteiger partial charge is 0.269 e. The van der Waals surface area contributed by atoms with Gasteiger partial charge in [-0.25, -0.2) is 0 Å². The molecule has 0 fully saturated rings. The number of nitro benzene ring substituents is 1. The molecule has 0 spiro atoms. The quantitative estimate of drug-likeness (QED) is 0.640. The van der Waals surface area contributed by atoms with E-state index in [1.165, 1.54) is 12.1 Å². The minimum Gasteiger partial charge on any atom is -0.346 e. The lowest BCUT2D eigenvalue weighted by molar-refractivity contribution is -0.384. The molecule has 25 heavy (non-hydrogen) atoms. The monoisotopic (exact) mass is 343 g/mol. The Morgan fingerprint density at radius 3 is 2.68 bits per heavy atom. The molecule has 1 amide bonds. The zero-order valence-corrected chi connectivity index (χ0v) is 14.3. The first kappa shape index (κ1) is 17.1. The summed E-state index contributed by atoms with van der Waals surface area (Å²) in [6.07, 6.45) is 2.15. The van der Waals surface area contributed by atoms with Gasteiger partial charge in [-0.05, 0) is 17.9 Å². The van der Waals surface area contributed by atoms with Crippen LogP contribution in [0.3, 0.4) is 0 Å². The third kappa shape index (κ3) is 3.67. The van der Waals surface area contributed by atoms with E-state index in [4.69, 9.17) is 0 Å². The van der Waals surface area contributed by atoms with Crippen LogP contribution in [0, 0.1) is 16.0 Å². The number of aromatic nitrogens is 3. The number of carbonyl (C=O) groups excluding carboxylic acids is 1. The van der Waals surface area contributed by atoms with E-state index in [9.17, 15) is 14.9 Å². The van der Waals surface area contributed by atoms with Crippen molar-refractivity contribution in [1.82, 2.24) is 20.1 Å². The highest BCUT2D eigenvalue weighted by Crippen LogP contribution is 2.24. The summed E-state index contributed by atoms with van der Waals surface area (Å²) in [5.74, 6) is 1.82. The Hall–Kier alpha value is -2.77. The topological polar surface area (TPSA) is 103 Å². The highest BCUT2D eigenvalue weighted by Gasteiger charge is 2.27. The van der Waals surface area contributed by atoms with Crippen LogP contribution in [0.5, 0.6) is 0 Å². The van der Waals surface area contributed by atoms with E-state index in [2.05, 4.69) is 20.1 Å². The molecule has 0 saturated carbocycles. The van der Waals surface area contributed by atoms with Crippen molar-refractivity contribution < 1.29 is 9.72 Å². The first-order valence-electron chi connectivity index (χ1n) is 8.40. The number of aryl methyl sites for hydroxylation is 1. The fraction of sp³-hybridized carbons (Fsp3) is 0.471. The first-order chi connectivity index (χ1) is 12.0. The van der Waals surface area contributed by atoms with Gasteiger partial charge in [-0.15, -0.1) is 10.2 Å². The summed E-state index contributed by atoms with van der Waals surface area (Å²) >= 11 is 0. The molecule has 2 aromatic rings. The van der Waals surface area contributed by atoms with Crippen LogP contribution < -0.4 is 5.32 Å². The number of amides is 1. The molecule has 8 heteroatoms. The maximum atomic E-state index is 12.4. The molecule has 0 bridgehead atoms. The first-order valence-corrected chi connectivity index (χ1v) is 8.40. The molecule has 1 aromatic carbocycles. The summed E-state index contributed by atoms with van der Waals surface area (Å²) in [6, 6.07) is 5.83. The summed E-state index contributed by atoms with van der Waals surface area (Å²) in [7, 11) is 0. The van der Waals surface area contributed by atoms with Gasteiger partial charge in [-0.2, -0.15) is 0 Å². The number of carbonyl (C=O) groups is 1. The number of fused-ring (bicyclic) bond motifs is 1. The van der Waals surface area contributed by atoms with Crippen LogP contribution in [-0.2, 0) is 24.2 Å². The highest BCUT2D eigenvalue weighted by molar-refractivity contribution is 5.79. The molecule has 132 valence electrons. The standard InChI is InChI=1S/C17H21N5O3/c1-11(2)16(17-20-19-14-4-3-9-21(14)17)18-15(23)10-12-5-7-13(8-6-12)22(24)25/h5-8,11,16H,3-4,9-10H2,1-2H3,(H,18,23). The van der Waals surface area contributed by atoms with Crippen molar-refractivity contribution in [2.75, 3.05) is 0 Å². The van der Waals surface area contributed by atoms with Crippen LogP contribution in [-0.4, -0.2) is 25.6 Å². The average Bonchev–Trinajstić information content (AvgIpc) is 3.16. The van der Waals surface area contributed by atoms with Gasteiger partial charge < -0.3 is 9.88 Å². The minimum absolute atomic E-state index is 0.0169. The van der Waals surface area contributed by atoms with E-state index < -0.39 is 4.92 Å². The van der Waals surface area contributed by atoms with Gasteiger partial charge in [0.1, 0.15) is 5.82 Å². The van der Waals surface area contributed by atoms with Gasteiger partial charge in [0.25, 0.3) is 5.69 Å². The molecule has 1 atom stereocenters. The van der Waals surface area contributed by atoms with Crippen LogP contribution in [0.4, 0.5) is 5.69 Å². The van der Waals surface area contributed by atoms with E-state index in [-0.39, 0.29) is 30.0 Å². The van der Waals surface area contributed by atoms with E-state index in [0.29, 0.717) is 0 Å². The second-order valence-electron chi connectivity index (χ2n) is 6.62. The van der Waals surface area contributed by atoms with Crippen molar-refractivity contribution in [2.45, 2.75) is 45.7 Å². The van der Waals surface area contributed by atoms with Crippen molar-refractivity contribution in [3.8, 4) is 0 Å². The maximum absolute atomic E-state index is 12.4. The lowest BCUT2D eigenvalue weighted by Gasteiger charge is -2.22. The maximum Gasteiger partial charge on any atom is 0.269 e. The molecule has 1 N–H and O–H groups in total. The minimum atomic E-state index is -0.454. The highest BCUT2D eigenvalue weighted by atomic mass is 16.6. The van der Waals surface area contributed by atoms with Crippen LogP contribution in [0.1, 0.15) is 43.5 Å². The Bertz CT molecular complexity index is 782. The number of rotatable bonds is 6. The number of nitro groups is 1. The molecule has 0 aliphatic carbocycles. The van der Waals surface area contributed by atoms with Gasteiger partial charge in [-0.1, -0.05) is 26.0 Å². The SMILES string of the molecule is CC(C)C(NC(=O)Cc1ccc([N+](=O)[O-])cc1)c1nnc2n1CCC2. The zero-order valence-electron chi connectivity index (χ0n) is 14.3. The number of benzene rings is 1. The van der Waals surface area contributed by atoms with E-state index >= 15 is 0 Å². The predicted octanol–water partition coefficient (Wildman–Crippen LogP) is 2.19. The Morgan fingerprint density at radius 1 is 1.32 bits per heavy atom. The largest absolute Gasteiger partial charge is 0.346 e. The van der Waals surface area contributed by atoms with Crippen molar-refractivity contribution in [2.24, 2.45) is 5.92 Å². The molecule has 3 rings (SSSR count). The Kier molecular flexibility index (Phi) is 4.78. The lowest BCUT2D eigenvalue weighted by atomic mass is 10.0. The number of nitrogens with zero attached hydrogens (tertiary/aromatic N) is 4. The van der Waals surface area contributed by atoms with Crippen LogP contribution in [0.2, 0.25) is 0 Å². The van der Waals surface area contributed by atoms with Gasteiger partial charge in [0.15, 0.2) is 5.82 Å². The predicted molar refractivity (Wildman–Crippen MR) is 90.9 cm³/mol. The van der Waals surface area contributed by atoms with Crippen molar-refractivity contribution in [3.63, 3.8) is 0 Å². The molecule has 1 aliphatic heterocycles. The van der Waals surface area contributed by atoms with Crippen molar-refractivity contribution >= 4 is 11.6 Å². The second kappa shape index (κ2) is 7.00. The van der Waals surface area contributed by atoms with E-state index in [1.54, 1.807) is 12.1 Å². The molecule has 0 saturated heterocycles. The van der Waals surface area contributed by atoms with Gasteiger partial charge >= 0.3 is 0 Å². The van der Waals surface area contributed by atoms with Gasteiger partial charge in [-0.3, -0.25) is 14.9 Å². The zero-order chi connectivity index (χ0) is 18.0. The molecular weight excluding hydrogens is 322 g/mol. The summed E-state index contributed by atoms with van der Waals surface area (Å²) in [4.78, 5) is 22.7. The molecule has 2 heterocycles. The van der Waals surface area contributed by atoms with Gasteiger partial charge in [0, 0.05) is 25.1 Å². The van der Waals surface area contributed by atoms with Crippen LogP contribution in [0.15, 0.2) is 24.3 Å². The fourth-order valence-electron chi connectivity index (χ4n) is 3.08. The molecule has 0 radical (unpaired) electrons. The molecule has 1 unspecified atom stereocenters. The molecule has 8 nitrogen and oxygen atoms in total. The Balaban J connectivity index is 1.69. The lowest BCUT2D eigenvalue weighted by Crippen LogP contribution is -2.34. The van der Waals surface area contributed by atoms with E-state index in [1.807, 2.05) is 13.8 Å². The van der Waals surface area contributed by atoms with E-state index in [0.717, 1.165) is 36.6 Å². The third-order valence-corrected chi connectivity index (χ3v) is 4.41. The summed E-state index contributed by atoms with van der Waals surface area (Å²) < 4.78 is 2.09. The van der Waals surface area contributed by atoms with Crippen LogP contribution in [0.25, 0.3) is 0 Å². The summed E-state index contributed by atoms with van der Waals surface area (Å²) in [5.41, 5.74) is 0.750.